The quantitative estimate of drug-likeness (QED) is 0.564. The molecule has 8 heteroatoms. The van der Waals surface area contributed by atoms with Crippen molar-refractivity contribution in [3.8, 4) is 0 Å². The summed E-state index contributed by atoms with van der Waals surface area (Å²) in [6.45, 7) is 14.5. The highest BCUT2D eigenvalue weighted by Gasteiger charge is 2.49. The second kappa shape index (κ2) is 10.2. The number of ether oxygens (including phenoxy) is 1. The fraction of sp³-hybridized carbons (Fsp3) is 0.739. The van der Waals surface area contributed by atoms with E-state index in [1.165, 1.54) is 6.08 Å². The van der Waals surface area contributed by atoms with Crippen molar-refractivity contribution >= 4 is 11.8 Å². The van der Waals surface area contributed by atoms with Crippen molar-refractivity contribution in [2.24, 2.45) is 0 Å². The van der Waals surface area contributed by atoms with E-state index in [0.29, 0.717) is 45.9 Å². The van der Waals surface area contributed by atoms with Gasteiger partial charge in [-0.15, -0.1) is 0 Å². The van der Waals surface area contributed by atoms with E-state index in [9.17, 15) is 14.0 Å². The highest BCUT2D eigenvalue weighted by atomic mass is 19.1. The topological polar surface area (TPSA) is 56.3 Å². The molecule has 174 valence electrons. The standard InChI is InChI=1S/C23H37FN4O3/c1-5-21(29)26-10-12-28(23(15-26)16-31-17-23)19(4)7-6-8-22(30)25-9-11-27(18(2)3)20(13-24)14-25/h5-6,8,18-20H,1,7,9-17H2,2-4H3/b8-6-/t19-,20?/m1/s1. The molecule has 3 saturated heterocycles. The molecule has 2 atom stereocenters. The third-order valence-electron chi connectivity index (χ3n) is 6.88. The molecule has 0 saturated carbocycles. The lowest BCUT2D eigenvalue weighted by atomic mass is 9.89. The maximum atomic E-state index is 13.5. The monoisotopic (exact) mass is 436 g/mol. The predicted molar refractivity (Wildman–Crippen MR) is 118 cm³/mol. The second-order valence-electron chi connectivity index (χ2n) is 9.29. The van der Waals surface area contributed by atoms with Crippen LogP contribution < -0.4 is 0 Å². The van der Waals surface area contributed by atoms with Crippen molar-refractivity contribution in [2.45, 2.75) is 50.9 Å². The third kappa shape index (κ3) is 5.18. The highest BCUT2D eigenvalue weighted by Crippen LogP contribution is 2.32. The Kier molecular flexibility index (Phi) is 7.88. The molecule has 0 aliphatic carbocycles. The van der Waals surface area contributed by atoms with Crippen LogP contribution >= 0.6 is 0 Å². The fourth-order valence-corrected chi connectivity index (χ4v) is 5.08. The molecule has 31 heavy (non-hydrogen) atoms. The van der Waals surface area contributed by atoms with E-state index in [2.05, 4.69) is 37.1 Å². The fourth-order valence-electron chi connectivity index (χ4n) is 5.08. The van der Waals surface area contributed by atoms with Crippen molar-refractivity contribution < 1.29 is 18.7 Å². The summed E-state index contributed by atoms with van der Waals surface area (Å²) in [5, 5.41) is 0. The van der Waals surface area contributed by atoms with Crippen LogP contribution in [0.1, 0.15) is 27.2 Å². The molecule has 1 spiro atoms. The molecule has 0 aromatic carbocycles. The summed E-state index contributed by atoms with van der Waals surface area (Å²) in [5.74, 6) is -0.0784. The van der Waals surface area contributed by atoms with Gasteiger partial charge in [-0.05, 0) is 39.3 Å². The average molecular weight is 437 g/mol. The summed E-state index contributed by atoms with van der Waals surface area (Å²) in [7, 11) is 0. The van der Waals surface area contributed by atoms with Crippen molar-refractivity contribution in [1.29, 1.82) is 0 Å². The molecular formula is C23H37FN4O3. The van der Waals surface area contributed by atoms with Gasteiger partial charge in [0.05, 0.1) is 24.8 Å². The molecule has 2 amide bonds. The number of rotatable bonds is 7. The van der Waals surface area contributed by atoms with Gasteiger partial charge >= 0.3 is 0 Å². The van der Waals surface area contributed by atoms with Gasteiger partial charge in [-0.25, -0.2) is 4.39 Å². The van der Waals surface area contributed by atoms with E-state index in [4.69, 9.17) is 4.74 Å². The van der Waals surface area contributed by atoms with Gasteiger partial charge in [-0.1, -0.05) is 12.7 Å². The van der Waals surface area contributed by atoms with E-state index in [-0.39, 0.29) is 35.5 Å². The van der Waals surface area contributed by atoms with Crippen LogP contribution in [0.4, 0.5) is 4.39 Å². The number of carbonyl (C=O) groups excluding carboxylic acids is 2. The molecule has 3 rings (SSSR count). The summed E-state index contributed by atoms with van der Waals surface area (Å²) in [6.07, 6.45) is 5.68. The van der Waals surface area contributed by atoms with Crippen LogP contribution in [0.2, 0.25) is 0 Å². The van der Waals surface area contributed by atoms with Crippen molar-refractivity contribution in [1.82, 2.24) is 19.6 Å². The largest absolute Gasteiger partial charge is 0.377 e. The number of carbonyl (C=O) groups is 2. The molecule has 0 bridgehead atoms. The lowest BCUT2D eigenvalue weighted by Crippen LogP contribution is -2.73. The van der Waals surface area contributed by atoms with Gasteiger partial charge in [0.2, 0.25) is 11.8 Å². The van der Waals surface area contributed by atoms with E-state index in [1.807, 2.05) is 11.0 Å². The second-order valence-corrected chi connectivity index (χ2v) is 9.29. The zero-order chi connectivity index (χ0) is 22.6. The van der Waals surface area contributed by atoms with Crippen LogP contribution in [0, 0.1) is 0 Å². The van der Waals surface area contributed by atoms with Crippen LogP contribution in [-0.2, 0) is 14.3 Å². The van der Waals surface area contributed by atoms with Crippen molar-refractivity contribution in [2.75, 3.05) is 59.2 Å². The maximum absolute atomic E-state index is 13.5. The summed E-state index contributed by atoms with van der Waals surface area (Å²) < 4.78 is 19.0. The molecule has 7 nitrogen and oxygen atoms in total. The normalized spacial score (nSPS) is 25.8. The Bertz CT molecular complexity index is 694. The summed E-state index contributed by atoms with van der Waals surface area (Å²) in [6, 6.07) is 0.280. The number of amides is 2. The summed E-state index contributed by atoms with van der Waals surface area (Å²) in [4.78, 5) is 32.8. The lowest BCUT2D eigenvalue weighted by Gasteiger charge is -2.57. The number of alkyl halides is 1. The minimum absolute atomic E-state index is 0.0341. The van der Waals surface area contributed by atoms with Gasteiger partial charge in [0, 0.05) is 51.4 Å². The highest BCUT2D eigenvalue weighted by molar-refractivity contribution is 5.88. The Balaban J connectivity index is 1.53. The first-order valence-corrected chi connectivity index (χ1v) is 11.3. The van der Waals surface area contributed by atoms with Crippen LogP contribution in [0.15, 0.2) is 24.8 Å². The van der Waals surface area contributed by atoms with E-state index in [1.54, 1.807) is 11.0 Å². The van der Waals surface area contributed by atoms with Crippen LogP contribution in [-0.4, -0.2) is 114 Å². The Morgan fingerprint density at radius 2 is 1.84 bits per heavy atom. The number of hydrogen-bond acceptors (Lipinski definition) is 5. The molecule has 0 aromatic heterocycles. The smallest absolute Gasteiger partial charge is 0.246 e. The number of hydrogen-bond donors (Lipinski definition) is 0. The molecule has 3 aliphatic rings. The number of nitrogens with zero attached hydrogens (tertiary/aromatic N) is 4. The van der Waals surface area contributed by atoms with Gasteiger partial charge in [-0.3, -0.25) is 19.4 Å². The van der Waals surface area contributed by atoms with Gasteiger partial charge in [0.25, 0.3) is 0 Å². The molecule has 0 aromatic rings. The molecule has 0 N–H and O–H groups in total. The van der Waals surface area contributed by atoms with E-state index < -0.39 is 6.67 Å². The molecule has 1 unspecified atom stereocenters. The number of halogens is 1. The van der Waals surface area contributed by atoms with Gasteiger partial charge < -0.3 is 14.5 Å². The zero-order valence-corrected chi connectivity index (χ0v) is 19.1. The van der Waals surface area contributed by atoms with E-state index in [0.717, 1.165) is 13.0 Å². The minimum atomic E-state index is -0.437. The number of piperazine rings is 2. The lowest BCUT2D eigenvalue weighted by molar-refractivity contribution is -0.183. The van der Waals surface area contributed by atoms with Crippen molar-refractivity contribution in [3.63, 3.8) is 0 Å². The third-order valence-corrected chi connectivity index (χ3v) is 6.88. The Morgan fingerprint density at radius 1 is 1.13 bits per heavy atom. The minimum Gasteiger partial charge on any atom is -0.377 e. The summed E-state index contributed by atoms with van der Waals surface area (Å²) >= 11 is 0. The van der Waals surface area contributed by atoms with Gasteiger partial charge in [0.15, 0.2) is 0 Å². The first kappa shape index (κ1) is 23.9. The molecule has 3 fully saturated rings. The predicted octanol–water partition coefficient (Wildman–Crippen LogP) is 1.31. The van der Waals surface area contributed by atoms with Gasteiger partial charge in [-0.2, -0.15) is 0 Å². The Morgan fingerprint density at radius 3 is 2.42 bits per heavy atom. The Hall–Kier alpha value is -1.77. The average Bonchev–Trinajstić information content (AvgIpc) is 2.76. The first-order chi connectivity index (χ1) is 14.8. The molecular weight excluding hydrogens is 399 g/mol. The van der Waals surface area contributed by atoms with Crippen molar-refractivity contribution in [3.05, 3.63) is 24.8 Å². The van der Waals surface area contributed by atoms with E-state index >= 15 is 0 Å². The molecule has 3 heterocycles. The summed E-state index contributed by atoms with van der Waals surface area (Å²) in [5.41, 5.74) is -0.143. The molecule has 3 aliphatic heterocycles. The van der Waals surface area contributed by atoms with Crippen LogP contribution in [0.5, 0.6) is 0 Å². The van der Waals surface area contributed by atoms with Gasteiger partial charge in [0.1, 0.15) is 6.67 Å². The maximum Gasteiger partial charge on any atom is 0.246 e. The SMILES string of the molecule is C=CC(=O)N1CCN([C@H](C)C/C=C\C(=O)N2CCN(C(C)C)C(CF)C2)C2(COC2)C1. The molecule has 0 radical (unpaired) electrons. The zero-order valence-electron chi connectivity index (χ0n) is 19.1. The van der Waals surface area contributed by atoms with Crippen LogP contribution in [0.3, 0.4) is 0 Å². The van der Waals surface area contributed by atoms with Crippen LogP contribution in [0.25, 0.3) is 0 Å². The Labute approximate surface area is 185 Å². The first-order valence-electron chi connectivity index (χ1n) is 11.3.